The monoisotopic (exact) mass is 351 g/mol. The lowest BCUT2D eigenvalue weighted by molar-refractivity contribution is -0.122. The molecule has 24 heavy (non-hydrogen) atoms. The van der Waals surface area contributed by atoms with Crippen molar-refractivity contribution in [1.82, 2.24) is 4.90 Å². The van der Waals surface area contributed by atoms with Gasteiger partial charge >= 0.3 is 0 Å². The van der Waals surface area contributed by atoms with E-state index in [2.05, 4.69) is 22.0 Å². The Balaban J connectivity index is 1.72. The summed E-state index contributed by atoms with van der Waals surface area (Å²) in [6.45, 7) is 8.64. The highest BCUT2D eigenvalue weighted by Crippen LogP contribution is 2.31. The third-order valence-electron chi connectivity index (χ3n) is 4.97. The molecule has 0 aromatic heterocycles. The molecule has 1 N–H and O–H groups in total. The topological polar surface area (TPSA) is 44.8 Å². The molecule has 2 aliphatic heterocycles. The highest BCUT2D eigenvalue weighted by atomic mass is 35.5. The number of carbonyl (C=O) groups is 1. The van der Waals surface area contributed by atoms with Crippen molar-refractivity contribution in [2.24, 2.45) is 5.92 Å². The zero-order chi connectivity index (χ0) is 16.9. The van der Waals surface area contributed by atoms with Crippen LogP contribution >= 0.6 is 11.6 Å². The molecule has 1 aromatic carbocycles. The number of rotatable bonds is 4. The minimum atomic E-state index is 0.0301. The van der Waals surface area contributed by atoms with E-state index < -0.39 is 0 Å². The fourth-order valence-electron chi connectivity index (χ4n) is 3.38. The maximum atomic E-state index is 12.6. The Morgan fingerprint density at radius 2 is 1.96 bits per heavy atom. The second kappa shape index (κ2) is 8.19. The van der Waals surface area contributed by atoms with Crippen molar-refractivity contribution in [3.8, 4) is 0 Å². The minimum Gasteiger partial charge on any atom is -0.381 e. The molecule has 2 heterocycles. The lowest BCUT2D eigenvalue weighted by Crippen LogP contribution is -2.46. The quantitative estimate of drug-likeness (QED) is 0.906. The van der Waals surface area contributed by atoms with Crippen LogP contribution in [0.15, 0.2) is 18.2 Å². The molecule has 132 valence electrons. The number of benzene rings is 1. The second-order valence-corrected chi connectivity index (χ2v) is 6.90. The van der Waals surface area contributed by atoms with Gasteiger partial charge in [-0.2, -0.15) is 0 Å². The zero-order valence-corrected chi connectivity index (χ0v) is 15.0. The average Bonchev–Trinajstić information content (AvgIpc) is 2.63. The smallest absolute Gasteiger partial charge is 0.227 e. The number of piperazine rings is 1. The Morgan fingerprint density at radius 3 is 2.62 bits per heavy atom. The van der Waals surface area contributed by atoms with Gasteiger partial charge in [0.2, 0.25) is 5.91 Å². The average molecular weight is 352 g/mol. The molecule has 1 aromatic rings. The van der Waals surface area contributed by atoms with E-state index in [1.807, 2.05) is 18.2 Å². The summed E-state index contributed by atoms with van der Waals surface area (Å²) >= 11 is 6.17. The Morgan fingerprint density at radius 1 is 1.25 bits per heavy atom. The summed E-state index contributed by atoms with van der Waals surface area (Å²) in [6, 6.07) is 5.77. The molecule has 3 rings (SSSR count). The van der Waals surface area contributed by atoms with Crippen LogP contribution in [-0.2, 0) is 9.53 Å². The number of carbonyl (C=O) groups excluding carboxylic acids is 1. The van der Waals surface area contributed by atoms with Gasteiger partial charge in [-0.1, -0.05) is 18.5 Å². The van der Waals surface area contributed by atoms with Crippen LogP contribution in [0.1, 0.15) is 19.8 Å². The molecule has 6 heteroatoms. The Kier molecular flexibility index (Phi) is 5.98. The first-order chi connectivity index (χ1) is 11.7. The molecule has 0 saturated carbocycles. The van der Waals surface area contributed by atoms with E-state index in [1.54, 1.807) is 0 Å². The molecule has 0 spiro atoms. The maximum absolute atomic E-state index is 12.6. The minimum absolute atomic E-state index is 0.0301. The van der Waals surface area contributed by atoms with E-state index in [-0.39, 0.29) is 11.8 Å². The number of anilines is 2. The first kappa shape index (κ1) is 17.5. The van der Waals surface area contributed by atoms with Crippen LogP contribution in [0.25, 0.3) is 0 Å². The number of nitrogens with one attached hydrogen (secondary N) is 1. The number of hydrogen-bond acceptors (Lipinski definition) is 4. The molecule has 0 unspecified atom stereocenters. The van der Waals surface area contributed by atoms with Gasteiger partial charge in [-0.05, 0) is 37.6 Å². The Hall–Kier alpha value is -1.30. The third kappa shape index (κ3) is 4.21. The fourth-order valence-corrected chi connectivity index (χ4v) is 3.56. The summed E-state index contributed by atoms with van der Waals surface area (Å²) < 4.78 is 5.34. The second-order valence-electron chi connectivity index (χ2n) is 6.46. The standard InChI is InChI=1S/C18H26ClN3O2/c1-2-21-7-9-22(10-8-21)17-4-3-15(19)13-16(17)20-18(23)14-5-11-24-12-6-14/h3-4,13-14H,2,5-12H2,1H3,(H,20,23). The van der Waals surface area contributed by atoms with Crippen LogP contribution in [0.4, 0.5) is 11.4 Å². The van der Waals surface area contributed by atoms with E-state index in [0.717, 1.165) is 56.9 Å². The zero-order valence-electron chi connectivity index (χ0n) is 14.3. The van der Waals surface area contributed by atoms with Crippen molar-refractivity contribution in [3.63, 3.8) is 0 Å². The van der Waals surface area contributed by atoms with E-state index in [9.17, 15) is 4.79 Å². The maximum Gasteiger partial charge on any atom is 0.227 e. The Labute approximate surface area is 148 Å². The van der Waals surface area contributed by atoms with E-state index in [4.69, 9.17) is 16.3 Å². The van der Waals surface area contributed by atoms with Crippen molar-refractivity contribution in [2.45, 2.75) is 19.8 Å². The normalized spacial score (nSPS) is 20.2. The Bertz CT molecular complexity index is 567. The molecule has 5 nitrogen and oxygen atoms in total. The molecular formula is C18H26ClN3O2. The van der Waals surface area contributed by atoms with Crippen LogP contribution in [-0.4, -0.2) is 56.7 Å². The number of amides is 1. The summed E-state index contributed by atoms with van der Waals surface area (Å²) in [5.41, 5.74) is 1.89. The molecule has 1 amide bonds. The van der Waals surface area contributed by atoms with Gasteiger partial charge in [-0.15, -0.1) is 0 Å². The van der Waals surface area contributed by atoms with Crippen molar-refractivity contribution in [2.75, 3.05) is 56.2 Å². The summed E-state index contributed by atoms with van der Waals surface area (Å²) in [7, 11) is 0. The molecule has 0 aliphatic carbocycles. The van der Waals surface area contributed by atoms with Crippen molar-refractivity contribution < 1.29 is 9.53 Å². The summed E-state index contributed by atoms with van der Waals surface area (Å²) in [6.07, 6.45) is 1.58. The van der Waals surface area contributed by atoms with Gasteiger partial charge in [-0.3, -0.25) is 4.79 Å². The fraction of sp³-hybridized carbons (Fsp3) is 0.611. The summed E-state index contributed by atoms with van der Waals surface area (Å²) in [5.74, 6) is 0.108. The molecular weight excluding hydrogens is 326 g/mol. The predicted octanol–water partition coefficient (Wildman–Crippen LogP) is 2.85. The molecule has 2 saturated heterocycles. The van der Waals surface area contributed by atoms with Gasteiger partial charge < -0.3 is 19.9 Å². The number of halogens is 1. The molecule has 2 aliphatic rings. The van der Waals surface area contributed by atoms with E-state index in [1.165, 1.54) is 0 Å². The van der Waals surface area contributed by atoms with Gasteiger partial charge in [0.15, 0.2) is 0 Å². The predicted molar refractivity (Wildman–Crippen MR) is 98.0 cm³/mol. The number of hydrogen-bond donors (Lipinski definition) is 1. The van der Waals surface area contributed by atoms with Gasteiger partial charge in [0.25, 0.3) is 0 Å². The first-order valence-corrected chi connectivity index (χ1v) is 9.20. The van der Waals surface area contributed by atoms with Gasteiger partial charge in [0, 0.05) is 50.3 Å². The van der Waals surface area contributed by atoms with Crippen molar-refractivity contribution in [1.29, 1.82) is 0 Å². The van der Waals surface area contributed by atoms with Gasteiger partial charge in [0.05, 0.1) is 11.4 Å². The highest BCUT2D eigenvalue weighted by Gasteiger charge is 2.24. The SMILES string of the molecule is CCN1CCN(c2ccc(Cl)cc2NC(=O)C2CCOCC2)CC1. The van der Waals surface area contributed by atoms with E-state index >= 15 is 0 Å². The number of likely N-dealkylation sites (N-methyl/N-ethyl adjacent to an activating group) is 1. The number of ether oxygens (including phenoxy) is 1. The third-order valence-corrected chi connectivity index (χ3v) is 5.20. The van der Waals surface area contributed by atoms with Crippen molar-refractivity contribution >= 4 is 28.9 Å². The van der Waals surface area contributed by atoms with Gasteiger partial charge in [-0.25, -0.2) is 0 Å². The van der Waals surface area contributed by atoms with Gasteiger partial charge in [0.1, 0.15) is 0 Å². The van der Waals surface area contributed by atoms with Crippen LogP contribution in [0.3, 0.4) is 0 Å². The summed E-state index contributed by atoms with van der Waals surface area (Å²) in [5, 5.41) is 3.76. The molecule has 0 bridgehead atoms. The van der Waals surface area contributed by atoms with Crippen molar-refractivity contribution in [3.05, 3.63) is 23.2 Å². The van der Waals surface area contributed by atoms with Crippen LogP contribution in [0, 0.1) is 5.92 Å². The van der Waals surface area contributed by atoms with Crippen LogP contribution < -0.4 is 10.2 Å². The highest BCUT2D eigenvalue weighted by molar-refractivity contribution is 6.31. The van der Waals surface area contributed by atoms with E-state index in [0.29, 0.717) is 18.2 Å². The van der Waals surface area contributed by atoms with Crippen LogP contribution in [0.5, 0.6) is 0 Å². The number of nitrogens with zero attached hydrogens (tertiary/aromatic N) is 2. The first-order valence-electron chi connectivity index (χ1n) is 8.83. The largest absolute Gasteiger partial charge is 0.381 e. The molecule has 2 fully saturated rings. The lowest BCUT2D eigenvalue weighted by atomic mass is 9.99. The van der Waals surface area contributed by atoms with Crippen LogP contribution in [0.2, 0.25) is 5.02 Å². The molecule has 0 radical (unpaired) electrons. The molecule has 0 atom stereocenters. The lowest BCUT2D eigenvalue weighted by Gasteiger charge is -2.36. The summed E-state index contributed by atoms with van der Waals surface area (Å²) in [4.78, 5) is 17.3.